The summed E-state index contributed by atoms with van der Waals surface area (Å²) in [6, 6.07) is 7.42. The van der Waals surface area contributed by atoms with Crippen LogP contribution in [0.3, 0.4) is 0 Å². The van der Waals surface area contributed by atoms with Gasteiger partial charge in [0.2, 0.25) is 11.7 Å². The van der Waals surface area contributed by atoms with Gasteiger partial charge in [-0.1, -0.05) is 57.1 Å². The van der Waals surface area contributed by atoms with Gasteiger partial charge in [-0.25, -0.2) is 4.98 Å². The van der Waals surface area contributed by atoms with Gasteiger partial charge in [-0.15, -0.1) is 0 Å². The number of benzene rings is 1. The van der Waals surface area contributed by atoms with E-state index in [2.05, 4.69) is 4.98 Å². The van der Waals surface area contributed by atoms with E-state index in [1.165, 1.54) is 32.1 Å². The number of unbranched alkanes of at least 4 members (excludes halogenated alkanes) is 2. The van der Waals surface area contributed by atoms with Crippen LogP contribution in [-0.4, -0.2) is 16.7 Å². The summed E-state index contributed by atoms with van der Waals surface area (Å²) in [5, 5.41) is 0. The first-order valence-electron chi connectivity index (χ1n) is 10.3. The Morgan fingerprint density at radius 3 is 2.63 bits per heavy atom. The van der Waals surface area contributed by atoms with Gasteiger partial charge in [0.1, 0.15) is 5.52 Å². The molecule has 1 fully saturated rings. The van der Waals surface area contributed by atoms with Crippen LogP contribution >= 0.6 is 0 Å². The number of aromatic nitrogens is 1. The first-order valence-corrected chi connectivity index (χ1v) is 10.3. The van der Waals surface area contributed by atoms with Crippen LogP contribution in [-0.2, 0) is 4.79 Å². The van der Waals surface area contributed by atoms with Crippen molar-refractivity contribution in [3.05, 3.63) is 30.2 Å². The monoisotopic (exact) mass is 370 g/mol. The maximum atomic E-state index is 12.3. The number of oxazole rings is 1. The predicted molar refractivity (Wildman–Crippen MR) is 105 cm³/mol. The highest BCUT2D eigenvalue weighted by Gasteiger charge is 2.24. The highest BCUT2D eigenvalue weighted by atomic mass is 16.4. The van der Waals surface area contributed by atoms with E-state index in [0.717, 1.165) is 31.2 Å². The smallest absolute Gasteiger partial charge is 0.264 e. The largest absolute Gasteiger partial charge is 0.434 e. The van der Waals surface area contributed by atoms with Gasteiger partial charge in [0.15, 0.2) is 5.58 Å². The Kier molecular flexibility index (Phi) is 7.02. The Balaban J connectivity index is 1.41. The summed E-state index contributed by atoms with van der Waals surface area (Å²) >= 11 is 0. The van der Waals surface area contributed by atoms with Crippen LogP contribution in [0.4, 0.5) is 0 Å². The fraction of sp³-hybridized carbons (Fsp3) is 0.591. The van der Waals surface area contributed by atoms with Crippen LogP contribution in [0, 0.1) is 11.8 Å². The lowest BCUT2D eigenvalue weighted by molar-refractivity contribution is -0.119. The summed E-state index contributed by atoms with van der Waals surface area (Å²) in [6.45, 7) is 0. The molecule has 0 aliphatic heterocycles. The van der Waals surface area contributed by atoms with E-state index < -0.39 is 0 Å². The number of fused-ring (bicyclic) bond motifs is 1. The predicted octanol–water partition coefficient (Wildman–Crippen LogP) is 5.03. The topological polar surface area (TPSA) is 86.2 Å². The van der Waals surface area contributed by atoms with Crippen molar-refractivity contribution in [2.45, 2.75) is 70.6 Å². The molecular weight excluding hydrogens is 340 g/mol. The van der Waals surface area contributed by atoms with Crippen molar-refractivity contribution in [1.29, 1.82) is 0 Å². The number of Topliss-reactive ketones (excluding diaryl/α,β-unsaturated/α-hetero) is 1. The highest BCUT2D eigenvalue weighted by Crippen LogP contribution is 2.34. The van der Waals surface area contributed by atoms with Crippen molar-refractivity contribution in [1.82, 2.24) is 4.98 Å². The number of hydrogen-bond acceptors (Lipinski definition) is 4. The molecule has 0 spiro atoms. The number of ketones is 1. The van der Waals surface area contributed by atoms with Crippen molar-refractivity contribution in [3.63, 3.8) is 0 Å². The quantitative estimate of drug-likeness (QED) is 0.469. The average molecular weight is 370 g/mol. The number of carbonyl (C=O) groups is 2. The van der Waals surface area contributed by atoms with E-state index in [0.29, 0.717) is 30.3 Å². The molecule has 2 aromatic rings. The third-order valence-electron chi connectivity index (χ3n) is 5.79. The van der Waals surface area contributed by atoms with Crippen LogP contribution in [0.5, 0.6) is 0 Å². The molecule has 1 amide bonds. The Labute approximate surface area is 160 Å². The normalized spacial score (nSPS) is 16.4. The number of nitrogens with zero attached hydrogens (tertiary/aromatic N) is 1. The first-order chi connectivity index (χ1) is 13.1. The van der Waals surface area contributed by atoms with E-state index in [1.807, 2.05) is 24.3 Å². The zero-order valence-corrected chi connectivity index (χ0v) is 16.0. The highest BCUT2D eigenvalue weighted by molar-refractivity contribution is 5.94. The molecule has 5 heteroatoms. The van der Waals surface area contributed by atoms with Crippen LogP contribution in [0.15, 0.2) is 28.7 Å². The van der Waals surface area contributed by atoms with Gasteiger partial charge in [0.25, 0.3) is 5.89 Å². The van der Waals surface area contributed by atoms with E-state index in [9.17, 15) is 9.59 Å². The van der Waals surface area contributed by atoms with Gasteiger partial charge in [0.05, 0.1) is 0 Å². The molecule has 5 nitrogen and oxygen atoms in total. The molecule has 1 aliphatic carbocycles. The third-order valence-corrected chi connectivity index (χ3v) is 5.79. The zero-order chi connectivity index (χ0) is 19.1. The lowest BCUT2D eigenvalue weighted by atomic mass is 9.76. The fourth-order valence-corrected chi connectivity index (χ4v) is 4.34. The summed E-state index contributed by atoms with van der Waals surface area (Å²) in [5.74, 6) is 1.05. The molecular formula is C22H30N2O3. The molecule has 2 N–H and O–H groups in total. The molecule has 1 heterocycles. The van der Waals surface area contributed by atoms with E-state index in [-0.39, 0.29) is 17.6 Å². The number of hydrogen-bond donors (Lipinski definition) is 1. The Hall–Kier alpha value is -2.17. The maximum Gasteiger partial charge on any atom is 0.264 e. The second kappa shape index (κ2) is 9.67. The number of para-hydroxylation sites is 2. The molecule has 1 unspecified atom stereocenters. The lowest BCUT2D eigenvalue weighted by Gasteiger charge is -2.29. The second-order valence-electron chi connectivity index (χ2n) is 7.84. The van der Waals surface area contributed by atoms with Crippen molar-refractivity contribution < 1.29 is 14.0 Å². The van der Waals surface area contributed by atoms with Gasteiger partial charge >= 0.3 is 0 Å². The molecule has 0 saturated heterocycles. The van der Waals surface area contributed by atoms with Gasteiger partial charge < -0.3 is 10.2 Å². The molecule has 0 radical (unpaired) electrons. The molecule has 146 valence electrons. The number of nitrogens with two attached hydrogens (primary N) is 1. The summed E-state index contributed by atoms with van der Waals surface area (Å²) in [6.07, 6.45) is 11.2. The van der Waals surface area contributed by atoms with Crippen molar-refractivity contribution in [2.75, 3.05) is 0 Å². The number of amides is 1. The summed E-state index contributed by atoms with van der Waals surface area (Å²) in [4.78, 5) is 28.0. The minimum Gasteiger partial charge on any atom is -0.434 e. The molecule has 27 heavy (non-hydrogen) atoms. The SMILES string of the molecule is NC(=O)CC(CCCCCC(=O)c1nc2ccccc2o1)C1CCCCC1. The standard InChI is InChI=1S/C22H30N2O3/c23-21(26)15-17(16-9-3-1-4-10-16)11-5-2-6-13-19(25)22-24-18-12-7-8-14-20(18)27-22/h7-8,12,14,16-17H,1-6,9-11,13,15H2,(H2,23,26). The number of carbonyl (C=O) groups excluding carboxylic acids is 2. The first kappa shape index (κ1) is 19.6. The van der Waals surface area contributed by atoms with Gasteiger partial charge in [-0.05, 0) is 36.8 Å². The molecule has 1 aromatic heterocycles. The van der Waals surface area contributed by atoms with Crippen LogP contribution in [0.2, 0.25) is 0 Å². The fourth-order valence-electron chi connectivity index (χ4n) is 4.34. The maximum absolute atomic E-state index is 12.3. The molecule has 3 rings (SSSR count). The van der Waals surface area contributed by atoms with Gasteiger partial charge in [-0.2, -0.15) is 0 Å². The van der Waals surface area contributed by atoms with E-state index in [4.69, 9.17) is 10.2 Å². The summed E-state index contributed by atoms with van der Waals surface area (Å²) < 4.78 is 5.54. The van der Waals surface area contributed by atoms with Gasteiger partial charge in [-0.3, -0.25) is 9.59 Å². The molecule has 1 aliphatic rings. The van der Waals surface area contributed by atoms with E-state index in [1.54, 1.807) is 0 Å². The van der Waals surface area contributed by atoms with Crippen molar-refractivity contribution in [2.24, 2.45) is 17.6 Å². The Morgan fingerprint density at radius 2 is 1.89 bits per heavy atom. The third kappa shape index (κ3) is 5.65. The Morgan fingerprint density at radius 1 is 1.11 bits per heavy atom. The van der Waals surface area contributed by atoms with Crippen molar-refractivity contribution in [3.8, 4) is 0 Å². The molecule has 0 bridgehead atoms. The minimum atomic E-state index is -0.184. The second-order valence-corrected chi connectivity index (χ2v) is 7.84. The zero-order valence-electron chi connectivity index (χ0n) is 16.0. The summed E-state index contributed by atoms with van der Waals surface area (Å²) in [7, 11) is 0. The lowest BCUT2D eigenvalue weighted by Crippen LogP contribution is -2.24. The van der Waals surface area contributed by atoms with Crippen molar-refractivity contribution >= 4 is 22.8 Å². The minimum absolute atomic E-state index is 0.0350. The molecule has 1 aromatic carbocycles. The van der Waals surface area contributed by atoms with Crippen LogP contribution in [0.25, 0.3) is 11.1 Å². The van der Waals surface area contributed by atoms with E-state index >= 15 is 0 Å². The number of rotatable bonds is 10. The van der Waals surface area contributed by atoms with Gasteiger partial charge in [0, 0.05) is 12.8 Å². The molecule has 1 atom stereocenters. The Bertz CT molecular complexity index is 729. The number of primary amides is 1. The summed E-state index contributed by atoms with van der Waals surface area (Å²) in [5.41, 5.74) is 6.85. The van der Waals surface area contributed by atoms with Crippen LogP contribution < -0.4 is 5.73 Å². The average Bonchev–Trinajstić information content (AvgIpc) is 3.11. The van der Waals surface area contributed by atoms with Crippen LogP contribution in [0.1, 0.15) is 81.3 Å². The molecule has 1 saturated carbocycles.